The molecule has 3 rings (SSSR count). The van der Waals surface area contributed by atoms with Gasteiger partial charge in [0, 0.05) is 11.4 Å². The molecule has 4 nitrogen and oxygen atoms in total. The van der Waals surface area contributed by atoms with Crippen LogP contribution in [0.4, 0.5) is 10.5 Å². The van der Waals surface area contributed by atoms with Crippen molar-refractivity contribution in [3.05, 3.63) is 46.7 Å². The fourth-order valence-corrected chi connectivity index (χ4v) is 3.94. The average Bonchev–Trinajstić information content (AvgIpc) is 2.99. The SMILES string of the molecule is COc1ccccc1NC(=O)N1CCCCC[C@@H]1c1cccs1. The minimum atomic E-state index is -0.0465. The highest BCUT2D eigenvalue weighted by Crippen LogP contribution is 2.33. The number of amides is 2. The molecular weight excluding hydrogens is 308 g/mol. The number of likely N-dealkylation sites (tertiary alicyclic amines) is 1. The van der Waals surface area contributed by atoms with Gasteiger partial charge in [0.2, 0.25) is 0 Å². The molecule has 1 N–H and O–H groups in total. The largest absolute Gasteiger partial charge is 0.495 e. The molecule has 0 unspecified atom stereocenters. The van der Waals surface area contributed by atoms with Gasteiger partial charge in [-0.25, -0.2) is 4.79 Å². The van der Waals surface area contributed by atoms with Crippen LogP contribution in [-0.2, 0) is 0 Å². The lowest BCUT2D eigenvalue weighted by Gasteiger charge is -2.29. The molecule has 1 aliphatic heterocycles. The Hall–Kier alpha value is -2.01. The number of rotatable bonds is 3. The summed E-state index contributed by atoms with van der Waals surface area (Å²) in [6.07, 6.45) is 4.43. The molecule has 1 aromatic carbocycles. The van der Waals surface area contributed by atoms with Crippen molar-refractivity contribution in [1.82, 2.24) is 4.90 Å². The van der Waals surface area contributed by atoms with E-state index >= 15 is 0 Å². The first-order valence-electron chi connectivity index (χ1n) is 8.03. The van der Waals surface area contributed by atoms with Crippen molar-refractivity contribution < 1.29 is 9.53 Å². The summed E-state index contributed by atoms with van der Waals surface area (Å²) < 4.78 is 5.33. The normalized spacial score (nSPS) is 18.3. The first-order valence-corrected chi connectivity index (χ1v) is 8.91. The van der Waals surface area contributed by atoms with E-state index < -0.39 is 0 Å². The molecule has 1 fully saturated rings. The standard InChI is InChI=1S/C18H22N2O2S/c1-22-16-10-5-4-8-14(16)19-18(21)20-12-6-2-3-9-15(20)17-11-7-13-23-17/h4-5,7-8,10-11,13,15H,2-3,6,9,12H2,1H3,(H,19,21)/t15-/m1/s1. The van der Waals surface area contributed by atoms with Crippen molar-refractivity contribution >= 4 is 23.1 Å². The third-order valence-electron chi connectivity index (χ3n) is 4.23. The Bertz CT molecular complexity index is 642. The van der Waals surface area contributed by atoms with Crippen LogP contribution in [-0.4, -0.2) is 24.6 Å². The number of carbonyl (C=O) groups excluding carboxylic acids is 1. The number of nitrogens with zero attached hydrogens (tertiary/aromatic N) is 1. The number of carbonyl (C=O) groups is 1. The number of benzene rings is 1. The second-order valence-corrected chi connectivity index (χ2v) is 6.68. The molecule has 1 aliphatic rings. The molecule has 5 heteroatoms. The first-order chi connectivity index (χ1) is 11.3. The van der Waals surface area contributed by atoms with E-state index in [0.29, 0.717) is 11.4 Å². The number of ether oxygens (including phenoxy) is 1. The molecular formula is C18H22N2O2S. The number of thiophene rings is 1. The lowest BCUT2D eigenvalue weighted by Crippen LogP contribution is -2.37. The summed E-state index contributed by atoms with van der Waals surface area (Å²) in [4.78, 5) is 16.1. The maximum absolute atomic E-state index is 12.9. The van der Waals surface area contributed by atoms with Crippen LogP contribution < -0.4 is 10.1 Å². The van der Waals surface area contributed by atoms with Crippen LogP contribution in [0.1, 0.15) is 36.6 Å². The maximum atomic E-state index is 12.9. The lowest BCUT2D eigenvalue weighted by atomic mass is 10.1. The smallest absolute Gasteiger partial charge is 0.322 e. The van der Waals surface area contributed by atoms with Crippen LogP contribution in [0.5, 0.6) is 5.75 Å². The molecule has 0 bridgehead atoms. The molecule has 0 spiro atoms. The highest BCUT2D eigenvalue weighted by molar-refractivity contribution is 7.10. The number of nitrogens with one attached hydrogen (secondary N) is 1. The van der Waals surface area contributed by atoms with Gasteiger partial charge in [0.05, 0.1) is 18.8 Å². The summed E-state index contributed by atoms with van der Waals surface area (Å²) in [6, 6.07) is 11.8. The van der Waals surface area contributed by atoms with Gasteiger partial charge in [0.25, 0.3) is 0 Å². The monoisotopic (exact) mass is 330 g/mol. The number of para-hydroxylation sites is 2. The van der Waals surface area contributed by atoms with E-state index in [1.807, 2.05) is 29.2 Å². The maximum Gasteiger partial charge on any atom is 0.322 e. The molecule has 23 heavy (non-hydrogen) atoms. The molecule has 0 saturated carbocycles. The fourth-order valence-electron chi connectivity index (χ4n) is 3.06. The van der Waals surface area contributed by atoms with Crippen molar-refractivity contribution in [2.45, 2.75) is 31.7 Å². The van der Waals surface area contributed by atoms with Crippen molar-refractivity contribution in [3.8, 4) is 5.75 Å². The zero-order chi connectivity index (χ0) is 16.1. The molecule has 1 atom stereocenters. The van der Waals surface area contributed by atoms with Gasteiger partial charge in [-0.1, -0.05) is 31.0 Å². The predicted molar refractivity (Wildman–Crippen MR) is 94.2 cm³/mol. The number of anilines is 1. The summed E-state index contributed by atoms with van der Waals surface area (Å²) in [6.45, 7) is 0.795. The van der Waals surface area contributed by atoms with E-state index in [4.69, 9.17) is 4.74 Å². The number of hydrogen-bond acceptors (Lipinski definition) is 3. The van der Waals surface area contributed by atoms with Gasteiger partial charge in [-0.05, 0) is 36.4 Å². The summed E-state index contributed by atoms with van der Waals surface area (Å²) in [5.41, 5.74) is 0.717. The first kappa shape index (κ1) is 15.9. The zero-order valence-electron chi connectivity index (χ0n) is 13.3. The van der Waals surface area contributed by atoms with Crippen molar-refractivity contribution in [2.24, 2.45) is 0 Å². The van der Waals surface area contributed by atoms with Crippen molar-refractivity contribution in [3.63, 3.8) is 0 Å². The minimum absolute atomic E-state index is 0.0465. The Kier molecular flexibility index (Phi) is 5.18. The molecule has 1 aromatic heterocycles. The Morgan fingerprint density at radius 2 is 2.09 bits per heavy atom. The van der Waals surface area contributed by atoms with Gasteiger partial charge in [0.15, 0.2) is 0 Å². The van der Waals surface area contributed by atoms with Crippen LogP contribution >= 0.6 is 11.3 Å². The van der Waals surface area contributed by atoms with Gasteiger partial charge in [-0.15, -0.1) is 11.3 Å². The van der Waals surface area contributed by atoms with E-state index in [0.717, 1.165) is 19.4 Å². The minimum Gasteiger partial charge on any atom is -0.495 e. The summed E-state index contributed by atoms with van der Waals surface area (Å²) >= 11 is 1.73. The van der Waals surface area contributed by atoms with Gasteiger partial charge in [0.1, 0.15) is 5.75 Å². The molecule has 2 aromatic rings. The quantitative estimate of drug-likeness (QED) is 0.869. The van der Waals surface area contributed by atoms with Crippen molar-refractivity contribution in [2.75, 3.05) is 19.0 Å². The molecule has 2 heterocycles. The zero-order valence-corrected chi connectivity index (χ0v) is 14.1. The number of methoxy groups -OCH3 is 1. The van der Waals surface area contributed by atoms with E-state index in [-0.39, 0.29) is 12.1 Å². The van der Waals surface area contributed by atoms with E-state index in [1.54, 1.807) is 18.4 Å². The van der Waals surface area contributed by atoms with Gasteiger partial charge >= 0.3 is 6.03 Å². The van der Waals surface area contributed by atoms with Gasteiger partial charge in [-0.2, -0.15) is 0 Å². The lowest BCUT2D eigenvalue weighted by molar-refractivity contribution is 0.190. The third-order valence-corrected chi connectivity index (χ3v) is 5.21. The molecule has 0 aliphatic carbocycles. The molecule has 1 saturated heterocycles. The Morgan fingerprint density at radius 1 is 1.22 bits per heavy atom. The summed E-state index contributed by atoms with van der Waals surface area (Å²) in [7, 11) is 1.62. The number of hydrogen-bond donors (Lipinski definition) is 1. The van der Waals surface area contributed by atoms with Crippen LogP contribution in [0.15, 0.2) is 41.8 Å². The van der Waals surface area contributed by atoms with Crippen LogP contribution in [0, 0.1) is 0 Å². The van der Waals surface area contributed by atoms with Crippen LogP contribution in [0.2, 0.25) is 0 Å². The predicted octanol–water partition coefficient (Wildman–Crippen LogP) is 4.91. The average molecular weight is 330 g/mol. The number of urea groups is 1. The van der Waals surface area contributed by atoms with E-state index in [2.05, 4.69) is 22.8 Å². The van der Waals surface area contributed by atoms with Crippen LogP contribution in [0.3, 0.4) is 0 Å². The van der Waals surface area contributed by atoms with Crippen molar-refractivity contribution in [1.29, 1.82) is 0 Å². The van der Waals surface area contributed by atoms with Gasteiger partial charge < -0.3 is 15.0 Å². The molecule has 2 amide bonds. The Balaban J connectivity index is 1.80. The topological polar surface area (TPSA) is 41.6 Å². The van der Waals surface area contributed by atoms with E-state index in [9.17, 15) is 4.79 Å². The molecule has 122 valence electrons. The molecule has 0 radical (unpaired) electrons. The Morgan fingerprint density at radius 3 is 2.87 bits per heavy atom. The van der Waals surface area contributed by atoms with Gasteiger partial charge in [-0.3, -0.25) is 0 Å². The second-order valence-electron chi connectivity index (χ2n) is 5.70. The summed E-state index contributed by atoms with van der Waals surface area (Å²) in [5.74, 6) is 0.684. The highest BCUT2D eigenvalue weighted by Gasteiger charge is 2.27. The van der Waals surface area contributed by atoms with Crippen LogP contribution in [0.25, 0.3) is 0 Å². The highest BCUT2D eigenvalue weighted by atomic mass is 32.1. The summed E-state index contributed by atoms with van der Waals surface area (Å²) in [5, 5.41) is 5.10. The fraction of sp³-hybridized carbons (Fsp3) is 0.389. The van der Waals surface area contributed by atoms with E-state index in [1.165, 1.54) is 17.7 Å². The Labute approximate surface area is 141 Å². The third kappa shape index (κ3) is 3.67. The second kappa shape index (κ2) is 7.51.